The first-order valence-electron chi connectivity index (χ1n) is 7.77. The van der Waals surface area contributed by atoms with Crippen LogP contribution in [0.25, 0.3) is 0 Å². The van der Waals surface area contributed by atoms with Gasteiger partial charge in [0.15, 0.2) is 0 Å². The minimum Gasteiger partial charge on any atom is -0.507 e. The molecule has 0 aliphatic rings. The van der Waals surface area contributed by atoms with E-state index in [1.807, 2.05) is 0 Å². The van der Waals surface area contributed by atoms with Crippen molar-refractivity contribution in [1.29, 1.82) is 0 Å². The second kappa shape index (κ2) is 7.67. The maximum Gasteiger partial charge on any atom is 0.345 e. The number of hydrogen-bond acceptors (Lipinski definition) is 7. The molecule has 1 aromatic carbocycles. The lowest BCUT2D eigenvalue weighted by molar-refractivity contribution is 0.00664. The molecule has 146 valence electrons. The van der Waals surface area contributed by atoms with E-state index in [4.69, 9.17) is 9.84 Å². The summed E-state index contributed by atoms with van der Waals surface area (Å²) in [5, 5.41) is 18.8. The van der Waals surface area contributed by atoms with Crippen LogP contribution in [0.4, 0.5) is 0 Å². The number of sulfonamides is 1. The van der Waals surface area contributed by atoms with E-state index >= 15 is 0 Å². The number of phenolic OH excluding ortho intramolecular Hbond substituents is 1. The number of rotatable bonds is 6. The normalized spacial score (nSPS) is 12.0. The Morgan fingerprint density at radius 3 is 2.41 bits per heavy atom. The Morgan fingerprint density at radius 2 is 1.85 bits per heavy atom. The number of esters is 1. The van der Waals surface area contributed by atoms with Gasteiger partial charge in [-0.05, 0) is 50.6 Å². The van der Waals surface area contributed by atoms with Gasteiger partial charge in [-0.2, -0.15) is 0 Å². The monoisotopic (exact) mass is 413 g/mol. The summed E-state index contributed by atoms with van der Waals surface area (Å²) in [6.45, 7) is 4.91. The highest BCUT2D eigenvalue weighted by atomic mass is 32.2. The summed E-state index contributed by atoms with van der Waals surface area (Å²) < 4.78 is 32.0. The Morgan fingerprint density at radius 1 is 1.19 bits per heavy atom. The first-order valence-corrected chi connectivity index (χ1v) is 10.1. The second-order valence-corrected chi connectivity index (χ2v) is 9.68. The van der Waals surface area contributed by atoms with E-state index < -0.39 is 27.6 Å². The molecule has 0 fully saturated rings. The Labute approximate surface area is 160 Å². The Balaban J connectivity index is 2.16. The molecule has 2 rings (SSSR count). The van der Waals surface area contributed by atoms with Crippen LogP contribution < -0.4 is 4.72 Å². The number of ether oxygens (including phenoxy) is 1. The van der Waals surface area contributed by atoms with Crippen LogP contribution >= 0.6 is 11.3 Å². The maximum absolute atomic E-state index is 12.3. The topological polar surface area (TPSA) is 130 Å². The average molecular weight is 413 g/mol. The van der Waals surface area contributed by atoms with Crippen molar-refractivity contribution < 1.29 is 33.0 Å². The van der Waals surface area contributed by atoms with Gasteiger partial charge in [-0.15, -0.1) is 11.3 Å². The number of carboxylic acid groups (broad SMARTS) is 1. The van der Waals surface area contributed by atoms with Crippen molar-refractivity contribution in [2.24, 2.45) is 0 Å². The lowest BCUT2D eigenvalue weighted by Crippen LogP contribution is -2.24. The lowest BCUT2D eigenvalue weighted by Gasteiger charge is -2.20. The lowest BCUT2D eigenvalue weighted by atomic mass is 10.1. The fourth-order valence-corrected chi connectivity index (χ4v) is 4.23. The zero-order valence-corrected chi connectivity index (χ0v) is 16.5. The van der Waals surface area contributed by atoms with Crippen LogP contribution in [0.3, 0.4) is 0 Å². The number of benzene rings is 1. The SMILES string of the molecule is CC(C)(C)OC(=O)c1cc(CNS(=O)(=O)c2ccc(C(=O)O)s2)ccc1O. The molecule has 1 aromatic heterocycles. The predicted octanol–water partition coefficient (Wildman–Crippen LogP) is 2.59. The largest absolute Gasteiger partial charge is 0.507 e. The van der Waals surface area contributed by atoms with E-state index in [0.29, 0.717) is 16.9 Å². The molecule has 0 spiro atoms. The van der Waals surface area contributed by atoms with Crippen LogP contribution in [0, 0.1) is 0 Å². The molecule has 0 radical (unpaired) electrons. The summed E-state index contributed by atoms with van der Waals surface area (Å²) in [4.78, 5) is 22.9. The highest BCUT2D eigenvalue weighted by Gasteiger charge is 2.22. The molecule has 0 saturated carbocycles. The third kappa shape index (κ3) is 5.52. The van der Waals surface area contributed by atoms with Gasteiger partial charge in [0.1, 0.15) is 26.0 Å². The van der Waals surface area contributed by atoms with Crippen molar-refractivity contribution in [3.63, 3.8) is 0 Å². The number of carbonyl (C=O) groups is 2. The third-order valence-corrected chi connectivity index (χ3v) is 6.17. The summed E-state index contributed by atoms with van der Waals surface area (Å²) in [6, 6.07) is 6.49. The Hall–Kier alpha value is -2.43. The third-order valence-electron chi connectivity index (χ3n) is 3.20. The highest BCUT2D eigenvalue weighted by Crippen LogP contribution is 2.24. The molecule has 0 unspecified atom stereocenters. The smallest absolute Gasteiger partial charge is 0.345 e. The molecule has 0 aliphatic carbocycles. The van der Waals surface area contributed by atoms with Crippen molar-refractivity contribution >= 4 is 33.3 Å². The minimum absolute atomic E-state index is 0.0779. The number of thiophene rings is 1. The minimum atomic E-state index is -3.92. The van der Waals surface area contributed by atoms with Gasteiger partial charge in [0.2, 0.25) is 10.0 Å². The first-order chi connectivity index (χ1) is 12.4. The van der Waals surface area contributed by atoms with Gasteiger partial charge in [0.05, 0.1) is 0 Å². The van der Waals surface area contributed by atoms with Crippen molar-refractivity contribution in [3.8, 4) is 5.75 Å². The van der Waals surface area contributed by atoms with Gasteiger partial charge in [0, 0.05) is 6.54 Å². The van der Waals surface area contributed by atoms with E-state index in [1.54, 1.807) is 20.8 Å². The molecule has 0 bridgehead atoms. The molecule has 10 heteroatoms. The van der Waals surface area contributed by atoms with Crippen LogP contribution in [0.2, 0.25) is 0 Å². The predicted molar refractivity (Wildman–Crippen MR) is 98.6 cm³/mol. The number of carboxylic acids is 1. The summed E-state index contributed by atoms with van der Waals surface area (Å²) in [7, 11) is -3.92. The van der Waals surface area contributed by atoms with Gasteiger partial charge in [-0.3, -0.25) is 0 Å². The molecule has 0 atom stereocenters. The van der Waals surface area contributed by atoms with E-state index in [9.17, 15) is 23.1 Å². The number of aromatic hydroxyl groups is 1. The number of aromatic carboxylic acids is 1. The molecule has 0 saturated heterocycles. The van der Waals surface area contributed by atoms with E-state index in [2.05, 4.69) is 4.72 Å². The van der Waals surface area contributed by atoms with Gasteiger partial charge in [-0.1, -0.05) is 6.07 Å². The second-order valence-electron chi connectivity index (χ2n) is 6.60. The molecule has 0 aliphatic heterocycles. The number of carbonyl (C=O) groups excluding carboxylic acids is 1. The van der Waals surface area contributed by atoms with Crippen molar-refractivity contribution in [3.05, 3.63) is 46.3 Å². The molecule has 2 aromatic rings. The average Bonchev–Trinajstić information content (AvgIpc) is 3.03. The molecule has 0 amide bonds. The maximum atomic E-state index is 12.3. The van der Waals surface area contributed by atoms with Gasteiger partial charge in [-0.25, -0.2) is 22.7 Å². The van der Waals surface area contributed by atoms with Gasteiger partial charge >= 0.3 is 11.9 Å². The molecule has 3 N–H and O–H groups in total. The number of nitrogens with one attached hydrogen (secondary N) is 1. The van der Waals surface area contributed by atoms with Crippen LogP contribution in [-0.4, -0.2) is 36.2 Å². The van der Waals surface area contributed by atoms with E-state index in [1.165, 1.54) is 30.3 Å². The molecule has 27 heavy (non-hydrogen) atoms. The van der Waals surface area contributed by atoms with Crippen LogP contribution in [-0.2, 0) is 21.3 Å². The summed E-state index contributed by atoms with van der Waals surface area (Å²) in [5.74, 6) is -2.21. The zero-order valence-electron chi connectivity index (χ0n) is 14.8. The quantitative estimate of drug-likeness (QED) is 0.621. The Kier molecular flexibility index (Phi) is 5.93. The Bertz CT molecular complexity index is 971. The van der Waals surface area contributed by atoms with E-state index in [-0.39, 0.29) is 26.9 Å². The highest BCUT2D eigenvalue weighted by molar-refractivity contribution is 7.91. The molecule has 1 heterocycles. The molecule has 8 nitrogen and oxygen atoms in total. The first kappa shape index (κ1) is 20.9. The van der Waals surface area contributed by atoms with Gasteiger partial charge in [0.25, 0.3) is 0 Å². The summed E-state index contributed by atoms with van der Waals surface area (Å²) in [6.07, 6.45) is 0. The van der Waals surface area contributed by atoms with Gasteiger partial charge < -0.3 is 14.9 Å². The fraction of sp³-hybridized carbons (Fsp3) is 0.294. The van der Waals surface area contributed by atoms with Crippen molar-refractivity contribution in [2.45, 2.75) is 37.1 Å². The van der Waals surface area contributed by atoms with Crippen molar-refractivity contribution in [2.75, 3.05) is 0 Å². The zero-order chi connectivity index (χ0) is 20.4. The van der Waals surface area contributed by atoms with Crippen molar-refractivity contribution in [1.82, 2.24) is 4.72 Å². The van der Waals surface area contributed by atoms with Crippen LogP contribution in [0.15, 0.2) is 34.5 Å². The molecular weight excluding hydrogens is 394 g/mol. The summed E-state index contributed by atoms with van der Waals surface area (Å²) in [5.41, 5.74) is -0.402. The molecular formula is C17H19NO7S2. The fourth-order valence-electron chi connectivity index (χ4n) is 2.02. The number of hydrogen-bond donors (Lipinski definition) is 3. The van der Waals surface area contributed by atoms with Crippen LogP contribution in [0.5, 0.6) is 5.75 Å². The summed E-state index contributed by atoms with van der Waals surface area (Å²) >= 11 is 0.636. The van der Waals surface area contributed by atoms with E-state index in [0.717, 1.165) is 0 Å². The number of phenols is 1. The standard InChI is InChI=1S/C17H19NO7S2/c1-17(2,3)25-16(22)11-8-10(4-5-12(11)19)9-18-27(23,24)14-7-6-13(26-14)15(20)21/h4-8,18-19H,9H2,1-3H3,(H,20,21). The van der Waals surface area contributed by atoms with Crippen LogP contribution in [0.1, 0.15) is 46.4 Å².